The lowest BCUT2D eigenvalue weighted by Gasteiger charge is -2.09. The van der Waals surface area contributed by atoms with Crippen LogP contribution in [-0.4, -0.2) is 18.1 Å². The Hall–Kier alpha value is -1.96. The van der Waals surface area contributed by atoms with Gasteiger partial charge in [0, 0.05) is 5.92 Å². The number of esters is 1. The van der Waals surface area contributed by atoms with Gasteiger partial charge in [-0.05, 0) is 36.6 Å². The largest absolute Gasteiger partial charge is 0.464 e. The van der Waals surface area contributed by atoms with E-state index in [1.807, 2.05) is 0 Å². The van der Waals surface area contributed by atoms with E-state index < -0.39 is 23.5 Å². The summed E-state index contributed by atoms with van der Waals surface area (Å²) in [5.41, 5.74) is -1.20. The Morgan fingerprint density at radius 2 is 2.00 bits per heavy atom. The van der Waals surface area contributed by atoms with E-state index in [1.165, 1.54) is 0 Å². The number of thiazole rings is 1. The summed E-state index contributed by atoms with van der Waals surface area (Å²) in [5.74, 6) is -1.55. The highest BCUT2D eigenvalue weighted by Crippen LogP contribution is 2.45. The van der Waals surface area contributed by atoms with Crippen molar-refractivity contribution in [2.75, 3.05) is 7.11 Å². The van der Waals surface area contributed by atoms with Crippen LogP contribution < -0.4 is 0 Å². The van der Waals surface area contributed by atoms with Crippen LogP contribution in [0.1, 0.15) is 39.8 Å². The summed E-state index contributed by atoms with van der Waals surface area (Å²) in [5, 5.41) is 0.665. The van der Waals surface area contributed by atoms with Crippen molar-refractivity contribution in [3.8, 4) is 10.4 Å². The Bertz CT molecular complexity index is 765. The predicted molar refractivity (Wildman–Crippen MR) is 75.8 cm³/mol. The topological polar surface area (TPSA) is 39.2 Å². The molecule has 0 radical (unpaired) electrons. The average molecular weight is 345 g/mol. The van der Waals surface area contributed by atoms with Crippen LogP contribution in [0.3, 0.4) is 0 Å². The number of halogens is 4. The molecule has 0 aliphatic heterocycles. The third-order valence-corrected chi connectivity index (χ3v) is 4.70. The minimum absolute atomic E-state index is 0.0258. The fourth-order valence-corrected chi connectivity index (χ4v) is 3.37. The maximum absolute atomic E-state index is 13.6. The highest BCUT2D eigenvalue weighted by atomic mass is 32.1. The Morgan fingerprint density at radius 1 is 1.30 bits per heavy atom. The molecule has 1 fully saturated rings. The van der Waals surface area contributed by atoms with E-state index in [4.69, 9.17) is 0 Å². The van der Waals surface area contributed by atoms with E-state index >= 15 is 0 Å². The fourth-order valence-electron chi connectivity index (χ4n) is 2.16. The van der Waals surface area contributed by atoms with Crippen LogP contribution in [0.25, 0.3) is 10.4 Å². The first-order valence-electron chi connectivity index (χ1n) is 6.77. The summed E-state index contributed by atoms with van der Waals surface area (Å²) in [6.45, 7) is 0. The molecule has 1 aromatic carbocycles. The van der Waals surface area contributed by atoms with Crippen LogP contribution in [0.4, 0.5) is 17.6 Å². The Labute approximate surface area is 132 Å². The molecule has 1 aliphatic carbocycles. The van der Waals surface area contributed by atoms with Gasteiger partial charge in [0.15, 0.2) is 5.69 Å². The number of carbonyl (C=O) groups is 1. The third-order valence-electron chi connectivity index (χ3n) is 3.44. The number of hydrogen-bond donors (Lipinski definition) is 0. The van der Waals surface area contributed by atoms with Gasteiger partial charge in [-0.2, -0.15) is 13.2 Å². The van der Waals surface area contributed by atoms with Crippen molar-refractivity contribution < 1.29 is 27.1 Å². The number of hydrogen-bond acceptors (Lipinski definition) is 4. The number of benzene rings is 1. The zero-order chi connectivity index (χ0) is 16.8. The molecular weight excluding hydrogens is 334 g/mol. The summed E-state index contributed by atoms with van der Waals surface area (Å²) in [4.78, 5) is 16.2. The number of rotatable bonds is 3. The molecule has 0 N–H and O–H groups in total. The van der Waals surface area contributed by atoms with Gasteiger partial charge >= 0.3 is 12.1 Å². The average Bonchev–Trinajstić information content (AvgIpc) is 3.24. The number of nitrogens with zero attached hydrogens (tertiary/aromatic N) is 1. The van der Waals surface area contributed by atoms with Crippen LogP contribution >= 0.6 is 11.3 Å². The maximum Gasteiger partial charge on any atom is 0.416 e. The lowest BCUT2D eigenvalue weighted by atomic mass is 10.1. The van der Waals surface area contributed by atoms with Gasteiger partial charge in [0.05, 0.1) is 22.6 Å². The molecule has 1 aromatic heterocycles. The van der Waals surface area contributed by atoms with Crippen molar-refractivity contribution >= 4 is 17.3 Å². The number of ether oxygens (including phenoxy) is 1. The van der Waals surface area contributed by atoms with Crippen LogP contribution in [0.15, 0.2) is 18.2 Å². The van der Waals surface area contributed by atoms with Crippen molar-refractivity contribution in [1.82, 2.24) is 4.98 Å². The normalized spacial score (nSPS) is 14.8. The Balaban J connectivity index is 2.14. The summed E-state index contributed by atoms with van der Waals surface area (Å²) in [6, 6.07) is 2.20. The lowest BCUT2D eigenvalue weighted by Crippen LogP contribution is -2.07. The van der Waals surface area contributed by atoms with Gasteiger partial charge in [0.25, 0.3) is 0 Å². The number of carbonyl (C=O) groups excluding carboxylic acids is 1. The predicted octanol–water partition coefficient (Wildman–Crippen LogP) is 4.63. The van der Waals surface area contributed by atoms with Crippen LogP contribution in [0, 0.1) is 5.82 Å². The highest BCUT2D eigenvalue weighted by molar-refractivity contribution is 7.15. The van der Waals surface area contributed by atoms with E-state index in [9.17, 15) is 22.4 Å². The second-order valence-corrected chi connectivity index (χ2v) is 6.25. The molecule has 1 heterocycles. The van der Waals surface area contributed by atoms with Crippen LogP contribution in [-0.2, 0) is 10.9 Å². The van der Waals surface area contributed by atoms with Crippen molar-refractivity contribution in [2.45, 2.75) is 24.9 Å². The van der Waals surface area contributed by atoms with Crippen molar-refractivity contribution in [1.29, 1.82) is 0 Å². The molecule has 23 heavy (non-hydrogen) atoms. The molecule has 0 amide bonds. The van der Waals surface area contributed by atoms with Crippen LogP contribution in [0.5, 0.6) is 0 Å². The molecule has 3 rings (SSSR count). The van der Waals surface area contributed by atoms with Crippen molar-refractivity contribution in [2.24, 2.45) is 0 Å². The van der Waals surface area contributed by atoms with Crippen molar-refractivity contribution in [3.63, 3.8) is 0 Å². The molecule has 0 saturated heterocycles. The van der Waals surface area contributed by atoms with E-state index in [0.29, 0.717) is 11.1 Å². The van der Waals surface area contributed by atoms with Gasteiger partial charge < -0.3 is 4.74 Å². The summed E-state index contributed by atoms with van der Waals surface area (Å²) in [6.07, 6.45) is -2.83. The number of alkyl halides is 3. The summed E-state index contributed by atoms with van der Waals surface area (Å²) in [7, 11) is 1.16. The molecular formula is C15H11F4NO2S. The molecule has 0 unspecified atom stereocenters. The molecule has 1 aliphatic rings. The fraction of sp³-hybridized carbons (Fsp3) is 0.333. The van der Waals surface area contributed by atoms with Gasteiger partial charge in [-0.3, -0.25) is 0 Å². The van der Waals surface area contributed by atoms with Gasteiger partial charge in [0.2, 0.25) is 0 Å². The second kappa shape index (κ2) is 5.59. The first-order valence-corrected chi connectivity index (χ1v) is 7.58. The molecule has 1 saturated carbocycles. The number of aromatic nitrogens is 1. The van der Waals surface area contributed by atoms with Gasteiger partial charge in [-0.1, -0.05) is 0 Å². The number of methoxy groups -OCH3 is 1. The van der Waals surface area contributed by atoms with E-state index in [2.05, 4.69) is 9.72 Å². The summed E-state index contributed by atoms with van der Waals surface area (Å²) < 4.78 is 56.8. The van der Waals surface area contributed by atoms with Gasteiger partial charge in [-0.15, -0.1) is 11.3 Å². The van der Waals surface area contributed by atoms with Crippen molar-refractivity contribution in [3.05, 3.63) is 40.3 Å². The quantitative estimate of drug-likeness (QED) is 0.601. The summed E-state index contributed by atoms with van der Waals surface area (Å²) >= 11 is 1.11. The third kappa shape index (κ3) is 3.21. The standard InChI is InChI=1S/C15H11F4NO2S/c1-22-14(21)11-12(23-13(20-11)7-2-3-7)8-4-9(15(17,18)19)6-10(16)5-8/h4-7H,2-3H2,1H3. The monoisotopic (exact) mass is 345 g/mol. The van der Waals surface area contributed by atoms with E-state index in [1.54, 1.807) is 0 Å². The minimum Gasteiger partial charge on any atom is -0.464 e. The molecule has 8 heteroatoms. The SMILES string of the molecule is COC(=O)c1nc(C2CC2)sc1-c1cc(F)cc(C(F)(F)F)c1. The minimum atomic E-state index is -4.67. The first-order chi connectivity index (χ1) is 10.8. The lowest BCUT2D eigenvalue weighted by molar-refractivity contribution is -0.137. The maximum atomic E-state index is 13.6. The van der Waals surface area contributed by atoms with Gasteiger partial charge in [-0.25, -0.2) is 14.2 Å². The molecule has 2 aromatic rings. The highest BCUT2D eigenvalue weighted by Gasteiger charge is 2.34. The zero-order valence-corrected chi connectivity index (χ0v) is 12.7. The van der Waals surface area contributed by atoms with Gasteiger partial charge in [0.1, 0.15) is 5.82 Å². The second-order valence-electron chi connectivity index (χ2n) is 5.22. The van der Waals surface area contributed by atoms with E-state index in [-0.39, 0.29) is 22.1 Å². The molecule has 0 spiro atoms. The first kappa shape index (κ1) is 15.9. The zero-order valence-electron chi connectivity index (χ0n) is 11.9. The Morgan fingerprint density at radius 3 is 2.57 bits per heavy atom. The Kier molecular flexibility index (Phi) is 3.87. The molecule has 0 bridgehead atoms. The molecule has 0 atom stereocenters. The smallest absolute Gasteiger partial charge is 0.416 e. The molecule has 3 nitrogen and oxygen atoms in total. The van der Waals surface area contributed by atoms with Crippen LogP contribution in [0.2, 0.25) is 0 Å². The van der Waals surface area contributed by atoms with E-state index in [0.717, 1.165) is 43.4 Å². The molecule has 122 valence electrons.